The largest absolute Gasteiger partial charge is 0.378 e. The standard InChI is InChI=1S/C17H21N3O3S/c21-16(20-6-8-23-9-7-20)12-1-4-19(5-2-12)17(22)14-11-13-3-10-24-15(13)18-14/h3,10-12,18H,1-2,4-9H2. The van der Waals surface area contributed by atoms with Gasteiger partial charge in [0.1, 0.15) is 10.5 Å². The van der Waals surface area contributed by atoms with Crippen molar-refractivity contribution in [3.63, 3.8) is 0 Å². The summed E-state index contributed by atoms with van der Waals surface area (Å²) in [6.45, 7) is 3.94. The summed E-state index contributed by atoms with van der Waals surface area (Å²) in [6.07, 6.45) is 1.49. The number of rotatable bonds is 2. The van der Waals surface area contributed by atoms with E-state index in [4.69, 9.17) is 4.74 Å². The predicted molar refractivity (Wildman–Crippen MR) is 92.2 cm³/mol. The first kappa shape index (κ1) is 15.7. The zero-order chi connectivity index (χ0) is 16.5. The maximum atomic E-state index is 12.6. The average Bonchev–Trinajstić information content (AvgIpc) is 3.23. The monoisotopic (exact) mass is 347 g/mol. The lowest BCUT2D eigenvalue weighted by Gasteiger charge is -2.35. The number of H-pyrrole nitrogens is 1. The molecule has 0 aliphatic carbocycles. The molecule has 2 fully saturated rings. The van der Waals surface area contributed by atoms with Crippen LogP contribution in [0.5, 0.6) is 0 Å². The van der Waals surface area contributed by atoms with E-state index in [1.54, 1.807) is 11.3 Å². The molecule has 0 bridgehead atoms. The Morgan fingerprint density at radius 3 is 2.58 bits per heavy atom. The molecule has 2 aliphatic rings. The molecule has 0 saturated carbocycles. The normalized spacial score (nSPS) is 19.8. The Kier molecular flexibility index (Phi) is 4.28. The van der Waals surface area contributed by atoms with Crippen LogP contribution in [0.2, 0.25) is 0 Å². The van der Waals surface area contributed by atoms with Crippen molar-refractivity contribution in [3.8, 4) is 0 Å². The Morgan fingerprint density at radius 2 is 1.88 bits per heavy atom. The fourth-order valence-electron chi connectivity index (χ4n) is 3.51. The van der Waals surface area contributed by atoms with Crippen LogP contribution in [0.15, 0.2) is 17.5 Å². The molecule has 24 heavy (non-hydrogen) atoms. The summed E-state index contributed by atoms with van der Waals surface area (Å²) in [5.41, 5.74) is 0.648. The Hall–Kier alpha value is -1.86. The number of carbonyl (C=O) groups is 2. The van der Waals surface area contributed by atoms with Crippen LogP contribution in [0.4, 0.5) is 0 Å². The molecule has 4 heterocycles. The topological polar surface area (TPSA) is 65.6 Å². The summed E-state index contributed by atoms with van der Waals surface area (Å²) < 4.78 is 5.30. The molecule has 0 radical (unpaired) electrons. The number of ether oxygens (including phenoxy) is 1. The summed E-state index contributed by atoms with van der Waals surface area (Å²) in [5.74, 6) is 0.306. The Morgan fingerprint density at radius 1 is 1.12 bits per heavy atom. The SMILES string of the molecule is O=C(c1cc2ccsc2[nH]1)N1CCC(C(=O)N2CCOCC2)CC1. The summed E-state index contributed by atoms with van der Waals surface area (Å²) in [5, 5.41) is 3.10. The zero-order valence-electron chi connectivity index (χ0n) is 13.5. The molecule has 0 aromatic carbocycles. The molecular weight excluding hydrogens is 326 g/mol. The maximum Gasteiger partial charge on any atom is 0.270 e. The fraction of sp³-hybridized carbons (Fsp3) is 0.529. The minimum Gasteiger partial charge on any atom is -0.378 e. The maximum absolute atomic E-state index is 12.6. The van der Waals surface area contributed by atoms with Gasteiger partial charge in [-0.05, 0) is 30.4 Å². The van der Waals surface area contributed by atoms with Crippen LogP contribution in [0.25, 0.3) is 10.2 Å². The molecule has 0 spiro atoms. The molecule has 1 N–H and O–H groups in total. The van der Waals surface area contributed by atoms with Gasteiger partial charge in [-0.25, -0.2) is 0 Å². The van der Waals surface area contributed by atoms with Crippen molar-refractivity contribution in [2.75, 3.05) is 39.4 Å². The lowest BCUT2D eigenvalue weighted by atomic mass is 9.95. The van der Waals surface area contributed by atoms with Crippen LogP contribution in [-0.2, 0) is 9.53 Å². The number of morpholine rings is 1. The highest BCUT2D eigenvalue weighted by Gasteiger charge is 2.31. The summed E-state index contributed by atoms with van der Waals surface area (Å²) in [4.78, 5) is 33.2. The van der Waals surface area contributed by atoms with E-state index in [9.17, 15) is 9.59 Å². The van der Waals surface area contributed by atoms with E-state index in [1.807, 2.05) is 27.3 Å². The number of aromatic nitrogens is 1. The smallest absolute Gasteiger partial charge is 0.270 e. The third kappa shape index (κ3) is 2.93. The Labute approximate surface area is 144 Å². The summed E-state index contributed by atoms with van der Waals surface area (Å²) in [7, 11) is 0. The molecule has 128 valence electrons. The van der Waals surface area contributed by atoms with Gasteiger partial charge in [0.2, 0.25) is 5.91 Å². The Bertz CT molecular complexity index is 711. The molecule has 0 unspecified atom stereocenters. The minimum absolute atomic E-state index is 0.0377. The number of hydrogen-bond donors (Lipinski definition) is 1. The highest BCUT2D eigenvalue weighted by molar-refractivity contribution is 7.16. The molecule has 2 aromatic rings. The van der Waals surface area contributed by atoms with Gasteiger partial charge in [0.15, 0.2) is 0 Å². The van der Waals surface area contributed by atoms with Gasteiger partial charge >= 0.3 is 0 Å². The van der Waals surface area contributed by atoms with E-state index in [1.165, 1.54) is 0 Å². The van der Waals surface area contributed by atoms with Crippen molar-refractivity contribution in [2.45, 2.75) is 12.8 Å². The lowest BCUT2D eigenvalue weighted by Crippen LogP contribution is -2.47. The number of thiophene rings is 1. The van der Waals surface area contributed by atoms with E-state index in [-0.39, 0.29) is 17.7 Å². The molecular formula is C17H21N3O3S. The number of amides is 2. The number of carbonyl (C=O) groups excluding carboxylic acids is 2. The summed E-state index contributed by atoms with van der Waals surface area (Å²) in [6, 6.07) is 3.93. The van der Waals surface area contributed by atoms with Crippen LogP contribution in [0.1, 0.15) is 23.3 Å². The van der Waals surface area contributed by atoms with Crippen LogP contribution >= 0.6 is 11.3 Å². The molecule has 2 amide bonds. The fourth-order valence-corrected chi connectivity index (χ4v) is 4.29. The van der Waals surface area contributed by atoms with Crippen molar-refractivity contribution in [2.24, 2.45) is 5.92 Å². The van der Waals surface area contributed by atoms with Gasteiger partial charge in [0.05, 0.1) is 13.2 Å². The molecule has 2 aromatic heterocycles. The second-order valence-corrected chi connectivity index (χ2v) is 7.31. The Balaban J connectivity index is 1.36. The number of nitrogens with zero attached hydrogens (tertiary/aromatic N) is 2. The molecule has 2 saturated heterocycles. The molecule has 6 nitrogen and oxygen atoms in total. The number of piperidine rings is 1. The van der Waals surface area contributed by atoms with Crippen molar-refractivity contribution in [1.82, 2.24) is 14.8 Å². The molecule has 4 rings (SSSR count). The molecule has 7 heteroatoms. The first-order valence-electron chi connectivity index (χ1n) is 8.44. The molecule has 2 aliphatic heterocycles. The van der Waals surface area contributed by atoms with Gasteiger partial charge in [0, 0.05) is 37.5 Å². The third-order valence-corrected chi connectivity index (χ3v) is 5.77. The van der Waals surface area contributed by atoms with E-state index in [2.05, 4.69) is 4.98 Å². The zero-order valence-corrected chi connectivity index (χ0v) is 14.3. The van der Waals surface area contributed by atoms with Crippen molar-refractivity contribution >= 4 is 33.4 Å². The van der Waals surface area contributed by atoms with Crippen molar-refractivity contribution < 1.29 is 14.3 Å². The van der Waals surface area contributed by atoms with E-state index in [0.29, 0.717) is 45.1 Å². The lowest BCUT2D eigenvalue weighted by molar-refractivity contribution is -0.141. The van der Waals surface area contributed by atoms with Gasteiger partial charge < -0.3 is 19.5 Å². The second kappa shape index (κ2) is 6.57. The number of fused-ring (bicyclic) bond motifs is 1. The first-order valence-corrected chi connectivity index (χ1v) is 9.32. The van der Waals surface area contributed by atoms with Crippen molar-refractivity contribution in [3.05, 3.63) is 23.2 Å². The van der Waals surface area contributed by atoms with Crippen molar-refractivity contribution in [1.29, 1.82) is 0 Å². The van der Waals surface area contributed by atoms with Gasteiger partial charge in [-0.15, -0.1) is 11.3 Å². The van der Waals surface area contributed by atoms with Crippen LogP contribution < -0.4 is 0 Å². The van der Waals surface area contributed by atoms with Gasteiger partial charge in [0.25, 0.3) is 5.91 Å². The highest BCUT2D eigenvalue weighted by atomic mass is 32.1. The van der Waals surface area contributed by atoms with Crippen LogP contribution in [0, 0.1) is 5.92 Å². The van der Waals surface area contributed by atoms with E-state index in [0.717, 1.165) is 23.1 Å². The van der Waals surface area contributed by atoms with E-state index >= 15 is 0 Å². The van der Waals surface area contributed by atoms with Gasteiger partial charge in [-0.1, -0.05) is 0 Å². The van der Waals surface area contributed by atoms with Gasteiger partial charge in [-0.3, -0.25) is 9.59 Å². The van der Waals surface area contributed by atoms with Crippen LogP contribution in [0.3, 0.4) is 0 Å². The number of aromatic amines is 1. The van der Waals surface area contributed by atoms with Crippen LogP contribution in [-0.4, -0.2) is 66.0 Å². The predicted octanol–water partition coefficient (Wildman–Crippen LogP) is 1.94. The quantitative estimate of drug-likeness (QED) is 0.903. The third-order valence-electron chi connectivity index (χ3n) is 4.93. The van der Waals surface area contributed by atoms with Gasteiger partial charge in [-0.2, -0.15) is 0 Å². The molecule has 0 atom stereocenters. The van der Waals surface area contributed by atoms with E-state index < -0.39 is 0 Å². The summed E-state index contributed by atoms with van der Waals surface area (Å²) >= 11 is 1.61. The number of hydrogen-bond acceptors (Lipinski definition) is 4. The first-order chi connectivity index (χ1) is 11.7. The second-order valence-electron chi connectivity index (χ2n) is 6.39. The number of likely N-dealkylation sites (tertiary alicyclic amines) is 1. The highest BCUT2D eigenvalue weighted by Crippen LogP contribution is 2.24. The average molecular weight is 347 g/mol. The minimum atomic E-state index is 0.0377. The number of nitrogens with one attached hydrogen (secondary N) is 1.